The summed E-state index contributed by atoms with van der Waals surface area (Å²) >= 11 is 0. The second-order valence-electron chi connectivity index (χ2n) is 6.93. The van der Waals surface area contributed by atoms with Crippen molar-refractivity contribution in [1.29, 1.82) is 0 Å². The fourth-order valence-corrected chi connectivity index (χ4v) is 4.42. The van der Waals surface area contributed by atoms with Crippen LogP contribution in [-0.4, -0.2) is 31.1 Å². The van der Waals surface area contributed by atoms with Crippen LogP contribution in [0.4, 0.5) is 0 Å². The highest BCUT2D eigenvalue weighted by Gasteiger charge is 2.32. The van der Waals surface area contributed by atoms with Crippen LogP contribution in [-0.2, 0) is 6.42 Å². The first kappa shape index (κ1) is 15.1. The number of nitrogens with one attached hydrogen (secondary N) is 1. The van der Waals surface area contributed by atoms with Crippen LogP contribution in [0.3, 0.4) is 0 Å². The SMILES string of the molecule is CCNC1c2ccccc2CCC1N(C)CC1CCCC1. The number of fused-ring (bicyclic) bond motifs is 1. The van der Waals surface area contributed by atoms with Crippen LogP contribution >= 0.6 is 0 Å². The molecule has 0 radical (unpaired) electrons. The lowest BCUT2D eigenvalue weighted by Gasteiger charge is -2.40. The maximum atomic E-state index is 3.75. The first-order chi connectivity index (χ1) is 10.3. The van der Waals surface area contributed by atoms with Gasteiger partial charge in [0.1, 0.15) is 0 Å². The lowest BCUT2D eigenvalue weighted by atomic mass is 9.83. The van der Waals surface area contributed by atoms with Gasteiger partial charge in [0.25, 0.3) is 0 Å². The molecule has 0 aromatic heterocycles. The van der Waals surface area contributed by atoms with E-state index in [4.69, 9.17) is 0 Å². The van der Waals surface area contributed by atoms with Crippen LogP contribution in [0.2, 0.25) is 0 Å². The average molecular weight is 286 g/mol. The minimum absolute atomic E-state index is 0.506. The fraction of sp³-hybridized carbons (Fsp3) is 0.684. The minimum Gasteiger partial charge on any atom is -0.309 e. The summed E-state index contributed by atoms with van der Waals surface area (Å²) in [6.07, 6.45) is 8.31. The lowest BCUT2D eigenvalue weighted by molar-refractivity contribution is 0.151. The van der Waals surface area contributed by atoms with E-state index in [9.17, 15) is 0 Å². The molecule has 3 rings (SSSR count). The maximum Gasteiger partial charge on any atom is 0.0480 e. The van der Waals surface area contributed by atoms with E-state index in [-0.39, 0.29) is 0 Å². The van der Waals surface area contributed by atoms with Gasteiger partial charge in [-0.25, -0.2) is 0 Å². The molecule has 2 unspecified atom stereocenters. The van der Waals surface area contributed by atoms with Crippen LogP contribution in [0.15, 0.2) is 24.3 Å². The van der Waals surface area contributed by atoms with Gasteiger partial charge in [-0.05, 0) is 56.3 Å². The number of aryl methyl sites for hydroxylation is 1. The van der Waals surface area contributed by atoms with E-state index in [1.807, 2.05) is 0 Å². The van der Waals surface area contributed by atoms with Crippen LogP contribution in [0.25, 0.3) is 0 Å². The van der Waals surface area contributed by atoms with Crippen molar-refractivity contribution in [2.24, 2.45) is 5.92 Å². The molecule has 2 aliphatic carbocycles. The number of hydrogen-bond donors (Lipinski definition) is 1. The summed E-state index contributed by atoms with van der Waals surface area (Å²) < 4.78 is 0. The summed E-state index contributed by atoms with van der Waals surface area (Å²) in [4.78, 5) is 2.65. The van der Waals surface area contributed by atoms with Gasteiger partial charge in [0.2, 0.25) is 0 Å². The molecule has 0 aliphatic heterocycles. The summed E-state index contributed by atoms with van der Waals surface area (Å²) in [7, 11) is 2.35. The van der Waals surface area contributed by atoms with Crippen molar-refractivity contribution in [1.82, 2.24) is 10.2 Å². The molecule has 2 nitrogen and oxygen atoms in total. The van der Waals surface area contributed by atoms with Gasteiger partial charge in [-0.1, -0.05) is 44.0 Å². The molecule has 2 aliphatic rings. The molecule has 1 aromatic rings. The summed E-state index contributed by atoms with van der Waals surface area (Å²) in [5.74, 6) is 0.939. The van der Waals surface area contributed by atoms with Crippen LogP contribution in [0.1, 0.15) is 56.2 Å². The van der Waals surface area contributed by atoms with Crippen molar-refractivity contribution in [2.75, 3.05) is 20.1 Å². The molecule has 0 heterocycles. The quantitative estimate of drug-likeness (QED) is 0.886. The number of hydrogen-bond acceptors (Lipinski definition) is 2. The Bertz CT molecular complexity index is 451. The Kier molecular flexibility index (Phi) is 4.97. The molecule has 0 amide bonds. The topological polar surface area (TPSA) is 15.3 Å². The molecule has 1 saturated carbocycles. The zero-order valence-electron chi connectivity index (χ0n) is 13.6. The molecule has 2 heteroatoms. The van der Waals surface area contributed by atoms with Gasteiger partial charge in [-0.3, -0.25) is 0 Å². The molecule has 0 spiro atoms. The zero-order valence-corrected chi connectivity index (χ0v) is 13.6. The Balaban J connectivity index is 1.74. The third-order valence-corrected chi connectivity index (χ3v) is 5.50. The lowest BCUT2D eigenvalue weighted by Crippen LogP contribution is -2.46. The van der Waals surface area contributed by atoms with E-state index in [0.717, 1.165) is 12.5 Å². The second-order valence-corrected chi connectivity index (χ2v) is 6.93. The molecule has 0 saturated heterocycles. The van der Waals surface area contributed by atoms with Crippen molar-refractivity contribution in [3.8, 4) is 0 Å². The van der Waals surface area contributed by atoms with Gasteiger partial charge in [0.05, 0.1) is 0 Å². The molecular formula is C19H30N2. The van der Waals surface area contributed by atoms with Gasteiger partial charge >= 0.3 is 0 Å². The van der Waals surface area contributed by atoms with Crippen molar-refractivity contribution < 1.29 is 0 Å². The highest BCUT2D eigenvalue weighted by molar-refractivity contribution is 5.34. The van der Waals surface area contributed by atoms with Gasteiger partial charge < -0.3 is 10.2 Å². The van der Waals surface area contributed by atoms with Crippen LogP contribution in [0, 0.1) is 5.92 Å². The molecular weight excluding hydrogens is 256 g/mol. The first-order valence-electron chi connectivity index (χ1n) is 8.81. The monoisotopic (exact) mass is 286 g/mol. The number of benzene rings is 1. The van der Waals surface area contributed by atoms with E-state index in [0.29, 0.717) is 12.1 Å². The highest BCUT2D eigenvalue weighted by atomic mass is 15.2. The van der Waals surface area contributed by atoms with Crippen LogP contribution in [0.5, 0.6) is 0 Å². The van der Waals surface area contributed by atoms with E-state index in [1.165, 1.54) is 50.6 Å². The molecule has 0 bridgehead atoms. The molecule has 1 aromatic carbocycles. The van der Waals surface area contributed by atoms with E-state index >= 15 is 0 Å². The average Bonchev–Trinajstić information content (AvgIpc) is 3.00. The third kappa shape index (κ3) is 3.32. The van der Waals surface area contributed by atoms with Gasteiger partial charge in [-0.2, -0.15) is 0 Å². The standard InChI is InChI=1S/C19H30N2/c1-3-20-19-17-11-7-6-10-16(17)12-13-18(19)21(2)14-15-8-4-5-9-15/h6-7,10-11,15,18-20H,3-5,8-9,12-14H2,1-2H3. The van der Waals surface area contributed by atoms with Crippen molar-refractivity contribution in [3.05, 3.63) is 35.4 Å². The normalized spacial score (nSPS) is 26.2. The predicted octanol–water partition coefficient (Wildman–Crippen LogP) is 3.77. The Hall–Kier alpha value is -0.860. The van der Waals surface area contributed by atoms with Crippen molar-refractivity contribution in [2.45, 2.75) is 57.5 Å². The van der Waals surface area contributed by atoms with Gasteiger partial charge in [0.15, 0.2) is 0 Å². The number of rotatable bonds is 5. The molecule has 1 N–H and O–H groups in total. The Morgan fingerprint density at radius 1 is 1.14 bits per heavy atom. The van der Waals surface area contributed by atoms with Crippen LogP contribution < -0.4 is 5.32 Å². The van der Waals surface area contributed by atoms with E-state index < -0.39 is 0 Å². The zero-order chi connectivity index (χ0) is 14.7. The van der Waals surface area contributed by atoms with Gasteiger partial charge in [-0.15, -0.1) is 0 Å². The van der Waals surface area contributed by atoms with Gasteiger partial charge in [0, 0.05) is 18.6 Å². The fourth-order valence-electron chi connectivity index (χ4n) is 4.42. The summed E-state index contributed by atoms with van der Waals surface area (Å²) in [5.41, 5.74) is 3.09. The summed E-state index contributed by atoms with van der Waals surface area (Å²) in [5, 5.41) is 3.75. The summed E-state index contributed by atoms with van der Waals surface area (Å²) in [6.45, 7) is 4.56. The Morgan fingerprint density at radius 3 is 2.67 bits per heavy atom. The molecule has 116 valence electrons. The van der Waals surface area contributed by atoms with Crippen molar-refractivity contribution >= 4 is 0 Å². The largest absolute Gasteiger partial charge is 0.309 e. The van der Waals surface area contributed by atoms with Crippen molar-refractivity contribution in [3.63, 3.8) is 0 Å². The third-order valence-electron chi connectivity index (χ3n) is 5.50. The Labute approximate surface area is 129 Å². The molecule has 1 fully saturated rings. The second kappa shape index (κ2) is 6.93. The minimum atomic E-state index is 0.506. The Morgan fingerprint density at radius 2 is 1.90 bits per heavy atom. The number of nitrogens with zero attached hydrogens (tertiary/aromatic N) is 1. The highest BCUT2D eigenvalue weighted by Crippen LogP contribution is 2.34. The summed E-state index contributed by atoms with van der Waals surface area (Å²) in [6, 6.07) is 10.2. The first-order valence-corrected chi connectivity index (χ1v) is 8.81. The smallest absolute Gasteiger partial charge is 0.0480 e. The maximum absolute atomic E-state index is 3.75. The predicted molar refractivity (Wildman–Crippen MR) is 89.6 cm³/mol. The molecule has 2 atom stereocenters. The number of likely N-dealkylation sites (N-methyl/N-ethyl adjacent to an activating group) is 2. The van der Waals surface area contributed by atoms with E-state index in [2.05, 4.69) is 48.5 Å². The molecule has 21 heavy (non-hydrogen) atoms. The van der Waals surface area contributed by atoms with E-state index in [1.54, 1.807) is 5.56 Å².